The van der Waals surface area contributed by atoms with Gasteiger partial charge in [-0.3, -0.25) is 14.9 Å². The van der Waals surface area contributed by atoms with Crippen molar-refractivity contribution in [1.29, 1.82) is 0 Å². The number of hydrogen-bond donors (Lipinski definition) is 2. The van der Waals surface area contributed by atoms with Crippen LogP contribution in [0.25, 0.3) is 0 Å². The summed E-state index contributed by atoms with van der Waals surface area (Å²) in [6.45, 7) is 0. The monoisotopic (exact) mass is 238 g/mol. The van der Waals surface area contributed by atoms with Crippen molar-refractivity contribution >= 4 is 11.5 Å². The van der Waals surface area contributed by atoms with Gasteiger partial charge in [0.2, 0.25) is 5.82 Å². The van der Waals surface area contributed by atoms with Gasteiger partial charge in [-0.05, 0) is 12.8 Å². The number of H-pyrrole nitrogens is 1. The van der Waals surface area contributed by atoms with Crippen molar-refractivity contribution in [3.05, 3.63) is 26.8 Å². The van der Waals surface area contributed by atoms with Crippen molar-refractivity contribution in [3.8, 4) is 0 Å². The molecule has 1 aliphatic carbocycles. The summed E-state index contributed by atoms with van der Waals surface area (Å²) >= 11 is 0. The van der Waals surface area contributed by atoms with Crippen LogP contribution < -0.4 is 10.9 Å². The minimum absolute atomic E-state index is 0.0747. The molecule has 1 aromatic rings. The third kappa shape index (κ3) is 2.61. The molecule has 2 N–H and O–H groups in total. The Balaban J connectivity index is 2.22. The number of aromatic nitrogens is 2. The maximum atomic E-state index is 11.3. The first-order valence-electron chi connectivity index (χ1n) is 5.67. The number of hydrogen-bond acceptors (Lipinski definition) is 5. The second-order valence-corrected chi connectivity index (χ2v) is 4.17. The van der Waals surface area contributed by atoms with Crippen LogP contribution in [-0.4, -0.2) is 20.9 Å². The molecule has 1 aromatic heterocycles. The molecule has 0 unspecified atom stereocenters. The van der Waals surface area contributed by atoms with Gasteiger partial charge in [-0.15, -0.1) is 0 Å². The minimum atomic E-state index is -0.719. The molecular weight excluding hydrogens is 224 g/mol. The zero-order chi connectivity index (χ0) is 12.3. The zero-order valence-electron chi connectivity index (χ0n) is 9.31. The molecule has 2 rings (SSSR count). The molecule has 1 aliphatic rings. The SMILES string of the molecule is O=c1[nH]cnc(NC2CCCCC2)c1[N+](=O)[O-]. The van der Waals surface area contributed by atoms with E-state index in [0.29, 0.717) is 0 Å². The van der Waals surface area contributed by atoms with E-state index in [1.165, 1.54) is 12.7 Å². The first-order chi connectivity index (χ1) is 8.18. The van der Waals surface area contributed by atoms with Crippen LogP contribution in [0.1, 0.15) is 32.1 Å². The Morgan fingerprint density at radius 3 is 2.76 bits per heavy atom. The lowest BCUT2D eigenvalue weighted by molar-refractivity contribution is -0.385. The summed E-state index contributed by atoms with van der Waals surface area (Å²) in [5.41, 5.74) is -1.22. The van der Waals surface area contributed by atoms with Gasteiger partial charge in [-0.2, -0.15) is 0 Å². The minimum Gasteiger partial charge on any atom is -0.361 e. The van der Waals surface area contributed by atoms with Crippen molar-refractivity contribution in [2.45, 2.75) is 38.1 Å². The third-order valence-corrected chi connectivity index (χ3v) is 2.96. The summed E-state index contributed by atoms with van der Waals surface area (Å²) in [5, 5.41) is 13.8. The fourth-order valence-corrected chi connectivity index (χ4v) is 2.11. The zero-order valence-corrected chi connectivity index (χ0v) is 9.31. The number of anilines is 1. The van der Waals surface area contributed by atoms with E-state index in [4.69, 9.17) is 0 Å². The number of rotatable bonds is 3. The molecule has 7 nitrogen and oxygen atoms in total. The highest BCUT2D eigenvalue weighted by molar-refractivity contribution is 5.54. The Bertz CT molecular complexity index is 465. The lowest BCUT2D eigenvalue weighted by Crippen LogP contribution is -2.25. The van der Waals surface area contributed by atoms with Gasteiger partial charge in [0.15, 0.2) is 0 Å². The molecule has 0 aliphatic heterocycles. The van der Waals surface area contributed by atoms with E-state index >= 15 is 0 Å². The van der Waals surface area contributed by atoms with Gasteiger partial charge in [0.05, 0.1) is 11.3 Å². The van der Waals surface area contributed by atoms with E-state index in [-0.39, 0.29) is 11.9 Å². The van der Waals surface area contributed by atoms with Gasteiger partial charge >= 0.3 is 11.2 Å². The lowest BCUT2D eigenvalue weighted by atomic mass is 9.95. The largest absolute Gasteiger partial charge is 0.375 e. The van der Waals surface area contributed by atoms with Crippen LogP contribution in [0.4, 0.5) is 11.5 Å². The van der Waals surface area contributed by atoms with Crippen LogP contribution in [-0.2, 0) is 0 Å². The fourth-order valence-electron chi connectivity index (χ4n) is 2.11. The molecule has 0 bridgehead atoms. The smallest absolute Gasteiger partial charge is 0.361 e. The van der Waals surface area contributed by atoms with Gasteiger partial charge in [0.25, 0.3) is 0 Å². The topological polar surface area (TPSA) is 101 Å². The predicted octanol–water partition coefficient (Wildman–Crippen LogP) is 1.42. The second kappa shape index (κ2) is 4.94. The van der Waals surface area contributed by atoms with Gasteiger partial charge < -0.3 is 10.3 Å². The number of nitro groups is 1. The maximum absolute atomic E-state index is 11.3. The highest BCUT2D eigenvalue weighted by atomic mass is 16.6. The quantitative estimate of drug-likeness (QED) is 0.612. The van der Waals surface area contributed by atoms with E-state index < -0.39 is 16.2 Å². The van der Waals surface area contributed by atoms with Gasteiger partial charge in [-0.1, -0.05) is 19.3 Å². The van der Waals surface area contributed by atoms with E-state index in [2.05, 4.69) is 15.3 Å². The summed E-state index contributed by atoms with van der Waals surface area (Å²) in [7, 11) is 0. The fraction of sp³-hybridized carbons (Fsp3) is 0.600. The van der Waals surface area contributed by atoms with Crippen molar-refractivity contribution in [1.82, 2.24) is 9.97 Å². The van der Waals surface area contributed by atoms with Crippen LogP contribution in [0, 0.1) is 10.1 Å². The van der Waals surface area contributed by atoms with Gasteiger partial charge in [0.1, 0.15) is 0 Å². The van der Waals surface area contributed by atoms with Crippen molar-refractivity contribution in [3.63, 3.8) is 0 Å². The van der Waals surface area contributed by atoms with Crippen LogP contribution in [0.3, 0.4) is 0 Å². The van der Waals surface area contributed by atoms with Crippen LogP contribution in [0.15, 0.2) is 11.1 Å². The summed E-state index contributed by atoms with van der Waals surface area (Å²) < 4.78 is 0. The lowest BCUT2D eigenvalue weighted by Gasteiger charge is -2.22. The standard InChI is InChI=1S/C10H14N4O3/c15-10-8(14(16)17)9(11-6-12-10)13-7-4-2-1-3-5-7/h6-7H,1-5H2,(H2,11,12,13,15). The summed E-state index contributed by atoms with van der Waals surface area (Å²) in [6, 6.07) is 0.178. The van der Waals surface area contributed by atoms with Gasteiger partial charge in [0, 0.05) is 6.04 Å². The van der Waals surface area contributed by atoms with E-state index in [9.17, 15) is 14.9 Å². The molecule has 92 valence electrons. The second-order valence-electron chi connectivity index (χ2n) is 4.17. The van der Waals surface area contributed by atoms with Crippen LogP contribution >= 0.6 is 0 Å². The Morgan fingerprint density at radius 1 is 1.41 bits per heavy atom. The molecule has 1 heterocycles. The number of aromatic amines is 1. The van der Waals surface area contributed by atoms with Crippen molar-refractivity contribution in [2.24, 2.45) is 0 Å². The Hall–Kier alpha value is -1.92. The molecule has 0 radical (unpaired) electrons. The first kappa shape index (κ1) is 11.6. The molecule has 1 fully saturated rings. The highest BCUT2D eigenvalue weighted by Gasteiger charge is 2.23. The Morgan fingerprint density at radius 2 is 2.12 bits per heavy atom. The molecular formula is C10H14N4O3. The summed E-state index contributed by atoms with van der Waals surface area (Å²) in [5.74, 6) is 0.0747. The molecule has 1 saturated carbocycles. The van der Waals surface area contributed by atoms with E-state index in [0.717, 1.165) is 25.7 Å². The first-order valence-corrected chi connectivity index (χ1v) is 5.67. The average Bonchev–Trinajstić information content (AvgIpc) is 2.30. The Labute approximate surface area is 97.4 Å². The molecule has 0 saturated heterocycles. The van der Waals surface area contributed by atoms with Crippen molar-refractivity contribution < 1.29 is 4.92 Å². The molecule has 0 aromatic carbocycles. The summed E-state index contributed by atoms with van der Waals surface area (Å²) in [4.78, 5) is 27.5. The average molecular weight is 238 g/mol. The Kier molecular flexibility index (Phi) is 3.36. The molecule has 0 amide bonds. The predicted molar refractivity (Wildman–Crippen MR) is 62.0 cm³/mol. The number of nitrogens with zero attached hydrogens (tertiary/aromatic N) is 2. The maximum Gasteiger partial charge on any atom is 0.375 e. The molecule has 0 atom stereocenters. The highest BCUT2D eigenvalue weighted by Crippen LogP contribution is 2.23. The number of nitrogens with one attached hydrogen (secondary N) is 2. The van der Waals surface area contributed by atoms with Crippen LogP contribution in [0.5, 0.6) is 0 Å². The van der Waals surface area contributed by atoms with E-state index in [1.54, 1.807) is 0 Å². The normalized spacial score (nSPS) is 16.7. The molecule has 17 heavy (non-hydrogen) atoms. The third-order valence-electron chi connectivity index (χ3n) is 2.96. The molecule has 0 spiro atoms. The van der Waals surface area contributed by atoms with Crippen LogP contribution in [0.2, 0.25) is 0 Å². The summed E-state index contributed by atoms with van der Waals surface area (Å²) in [6.07, 6.45) is 6.52. The van der Waals surface area contributed by atoms with Gasteiger partial charge in [-0.25, -0.2) is 4.98 Å². The van der Waals surface area contributed by atoms with E-state index in [1.807, 2.05) is 0 Å². The molecule has 7 heteroatoms. The van der Waals surface area contributed by atoms with Crippen molar-refractivity contribution in [2.75, 3.05) is 5.32 Å².